The number of fused-ring (bicyclic) bond motifs is 1. The second-order valence-corrected chi connectivity index (χ2v) is 4.43. The van der Waals surface area contributed by atoms with Gasteiger partial charge in [0.05, 0.1) is 13.0 Å². The molecule has 0 heterocycles. The van der Waals surface area contributed by atoms with Gasteiger partial charge in [-0.05, 0) is 35.7 Å². The van der Waals surface area contributed by atoms with Crippen LogP contribution >= 0.6 is 0 Å². The molecule has 0 unspecified atom stereocenters. The first-order chi connectivity index (χ1) is 9.22. The Balaban J connectivity index is 2.24. The van der Waals surface area contributed by atoms with Crippen LogP contribution in [0.1, 0.15) is 24.5 Å². The Bertz CT molecular complexity index is 612. The third kappa shape index (κ3) is 3.22. The van der Waals surface area contributed by atoms with Crippen molar-refractivity contribution < 1.29 is 9.53 Å². The summed E-state index contributed by atoms with van der Waals surface area (Å²) < 4.78 is 4.90. The van der Waals surface area contributed by atoms with Gasteiger partial charge in [-0.1, -0.05) is 48.6 Å². The van der Waals surface area contributed by atoms with E-state index in [0.717, 1.165) is 5.56 Å². The molecule has 0 bridgehead atoms. The summed E-state index contributed by atoms with van der Waals surface area (Å²) in [5.74, 6) is -0.185. The van der Waals surface area contributed by atoms with E-state index < -0.39 is 0 Å². The van der Waals surface area contributed by atoms with E-state index in [0.29, 0.717) is 13.0 Å². The lowest BCUT2D eigenvalue weighted by atomic mass is 10.00. The zero-order valence-corrected chi connectivity index (χ0v) is 11.3. The molecular weight excluding hydrogens is 236 g/mol. The molecule has 2 rings (SSSR count). The van der Waals surface area contributed by atoms with Crippen LogP contribution in [-0.4, -0.2) is 12.6 Å². The molecule has 2 aromatic rings. The Morgan fingerprint density at radius 2 is 1.89 bits per heavy atom. The Hall–Kier alpha value is -2.09. The number of benzene rings is 2. The number of hydrogen-bond acceptors (Lipinski definition) is 2. The van der Waals surface area contributed by atoms with Gasteiger partial charge in [-0.2, -0.15) is 0 Å². The molecule has 0 aliphatic carbocycles. The molecule has 0 radical (unpaired) electrons. The summed E-state index contributed by atoms with van der Waals surface area (Å²) in [6, 6.07) is 12.5. The van der Waals surface area contributed by atoms with Crippen LogP contribution < -0.4 is 0 Å². The van der Waals surface area contributed by atoms with Crippen molar-refractivity contribution in [3.63, 3.8) is 0 Å². The van der Waals surface area contributed by atoms with Crippen LogP contribution in [-0.2, 0) is 9.53 Å². The van der Waals surface area contributed by atoms with Crippen LogP contribution in [0.2, 0.25) is 0 Å². The Kier molecular flexibility index (Phi) is 4.35. The van der Waals surface area contributed by atoms with Crippen molar-refractivity contribution in [3.8, 4) is 0 Å². The highest BCUT2D eigenvalue weighted by molar-refractivity contribution is 5.93. The van der Waals surface area contributed by atoms with Gasteiger partial charge >= 0.3 is 5.97 Å². The van der Waals surface area contributed by atoms with Crippen molar-refractivity contribution in [2.75, 3.05) is 6.61 Å². The average Bonchev–Trinajstić information content (AvgIpc) is 2.42. The number of carbonyl (C=O) groups is 1. The van der Waals surface area contributed by atoms with Gasteiger partial charge in [0.1, 0.15) is 0 Å². The van der Waals surface area contributed by atoms with Gasteiger partial charge in [-0.15, -0.1) is 0 Å². The summed E-state index contributed by atoms with van der Waals surface area (Å²) in [6.45, 7) is 4.35. The zero-order valence-electron chi connectivity index (χ0n) is 11.3. The molecule has 0 aliphatic heterocycles. The normalized spacial score (nSPS) is 11.1. The first-order valence-electron chi connectivity index (χ1n) is 6.53. The van der Waals surface area contributed by atoms with E-state index in [9.17, 15) is 4.79 Å². The van der Waals surface area contributed by atoms with Crippen molar-refractivity contribution in [2.45, 2.75) is 20.3 Å². The maximum Gasteiger partial charge on any atom is 0.309 e. The van der Waals surface area contributed by atoms with Gasteiger partial charge in [-0.25, -0.2) is 0 Å². The maximum absolute atomic E-state index is 11.3. The van der Waals surface area contributed by atoms with Crippen molar-refractivity contribution in [3.05, 3.63) is 53.6 Å². The molecule has 0 aromatic heterocycles. The number of aryl methyl sites for hydroxylation is 1. The van der Waals surface area contributed by atoms with Crippen molar-refractivity contribution in [2.24, 2.45) is 0 Å². The summed E-state index contributed by atoms with van der Waals surface area (Å²) in [5, 5.41) is 2.46. The fourth-order valence-electron chi connectivity index (χ4n) is 2.12. The number of esters is 1. The molecule has 19 heavy (non-hydrogen) atoms. The molecule has 0 fully saturated rings. The van der Waals surface area contributed by atoms with Crippen molar-refractivity contribution >= 4 is 22.8 Å². The first kappa shape index (κ1) is 13.3. The topological polar surface area (TPSA) is 26.3 Å². The smallest absolute Gasteiger partial charge is 0.309 e. The van der Waals surface area contributed by atoms with Crippen LogP contribution in [0.3, 0.4) is 0 Å². The fraction of sp³-hybridized carbons (Fsp3) is 0.235. The molecule has 2 nitrogen and oxygen atoms in total. The number of rotatable bonds is 4. The minimum atomic E-state index is -0.185. The quantitative estimate of drug-likeness (QED) is 0.767. The van der Waals surface area contributed by atoms with E-state index in [1.165, 1.54) is 16.3 Å². The van der Waals surface area contributed by atoms with Gasteiger partial charge < -0.3 is 4.74 Å². The van der Waals surface area contributed by atoms with E-state index in [-0.39, 0.29) is 5.97 Å². The molecule has 2 heteroatoms. The van der Waals surface area contributed by atoms with E-state index >= 15 is 0 Å². The largest absolute Gasteiger partial charge is 0.466 e. The third-order valence-electron chi connectivity index (χ3n) is 3.06. The summed E-state index contributed by atoms with van der Waals surface area (Å²) in [5.41, 5.74) is 2.39. The number of carbonyl (C=O) groups excluding carboxylic acids is 1. The molecule has 0 spiro atoms. The highest BCUT2D eigenvalue weighted by atomic mass is 16.5. The standard InChI is InChI=1S/C17H18O2/c1-3-19-17(18)10-6-7-14-12-11-13(2)15-8-4-5-9-16(14)15/h4-9,11-12H,3,10H2,1-2H3. The van der Waals surface area contributed by atoms with Crippen LogP contribution in [0.4, 0.5) is 0 Å². The molecule has 0 saturated carbocycles. The summed E-state index contributed by atoms with van der Waals surface area (Å²) in [4.78, 5) is 11.3. The molecule has 0 N–H and O–H groups in total. The first-order valence-corrected chi connectivity index (χ1v) is 6.53. The molecule has 98 valence electrons. The molecule has 0 amide bonds. The van der Waals surface area contributed by atoms with Crippen LogP contribution in [0.25, 0.3) is 16.8 Å². The lowest BCUT2D eigenvalue weighted by Gasteiger charge is -2.05. The van der Waals surface area contributed by atoms with Crippen molar-refractivity contribution in [1.82, 2.24) is 0 Å². The Morgan fingerprint density at radius 3 is 2.63 bits per heavy atom. The average molecular weight is 254 g/mol. The molecule has 0 atom stereocenters. The summed E-state index contributed by atoms with van der Waals surface area (Å²) >= 11 is 0. The SMILES string of the molecule is CCOC(=O)CC=Cc1ccc(C)c2ccccc12. The van der Waals surface area contributed by atoms with E-state index in [1.807, 2.05) is 31.2 Å². The zero-order chi connectivity index (χ0) is 13.7. The number of hydrogen-bond donors (Lipinski definition) is 0. The van der Waals surface area contributed by atoms with E-state index in [4.69, 9.17) is 4.74 Å². The van der Waals surface area contributed by atoms with Gasteiger partial charge in [0.15, 0.2) is 0 Å². The van der Waals surface area contributed by atoms with E-state index in [2.05, 4.69) is 31.2 Å². The fourth-order valence-corrected chi connectivity index (χ4v) is 2.12. The maximum atomic E-state index is 11.3. The molecular formula is C17H18O2. The van der Waals surface area contributed by atoms with E-state index in [1.54, 1.807) is 0 Å². The van der Waals surface area contributed by atoms with Crippen LogP contribution in [0, 0.1) is 6.92 Å². The van der Waals surface area contributed by atoms with Gasteiger partial charge in [-0.3, -0.25) is 4.79 Å². The second kappa shape index (κ2) is 6.19. The van der Waals surface area contributed by atoms with Gasteiger partial charge in [0.2, 0.25) is 0 Å². The molecule has 2 aromatic carbocycles. The van der Waals surface area contributed by atoms with Gasteiger partial charge in [0, 0.05) is 0 Å². The minimum Gasteiger partial charge on any atom is -0.466 e. The lowest BCUT2D eigenvalue weighted by molar-refractivity contribution is -0.142. The molecule has 0 aliphatic rings. The second-order valence-electron chi connectivity index (χ2n) is 4.43. The lowest BCUT2D eigenvalue weighted by Crippen LogP contribution is -2.01. The predicted octanol–water partition coefficient (Wildman–Crippen LogP) is 4.11. The summed E-state index contributed by atoms with van der Waals surface area (Å²) in [6.07, 6.45) is 4.16. The highest BCUT2D eigenvalue weighted by Gasteiger charge is 2.01. The highest BCUT2D eigenvalue weighted by Crippen LogP contribution is 2.23. The Labute approximate surface area is 113 Å². The number of ether oxygens (including phenoxy) is 1. The van der Waals surface area contributed by atoms with Gasteiger partial charge in [0.25, 0.3) is 0 Å². The third-order valence-corrected chi connectivity index (χ3v) is 3.06. The summed E-state index contributed by atoms with van der Waals surface area (Å²) in [7, 11) is 0. The molecule has 0 saturated heterocycles. The predicted molar refractivity (Wildman–Crippen MR) is 79.0 cm³/mol. The van der Waals surface area contributed by atoms with Crippen LogP contribution in [0.5, 0.6) is 0 Å². The monoisotopic (exact) mass is 254 g/mol. The van der Waals surface area contributed by atoms with Crippen molar-refractivity contribution in [1.29, 1.82) is 0 Å². The van der Waals surface area contributed by atoms with Crippen LogP contribution in [0.15, 0.2) is 42.5 Å². The minimum absolute atomic E-state index is 0.185. The Morgan fingerprint density at radius 1 is 1.16 bits per heavy atom.